The van der Waals surface area contributed by atoms with Gasteiger partial charge in [-0.1, -0.05) is 6.07 Å². The predicted molar refractivity (Wildman–Crippen MR) is 76.2 cm³/mol. The Labute approximate surface area is 121 Å². The van der Waals surface area contributed by atoms with E-state index in [1.807, 2.05) is 25.1 Å². The first kappa shape index (κ1) is 16.4. The Balaban J connectivity index is 2.20. The van der Waals surface area contributed by atoms with Gasteiger partial charge in [0.05, 0.1) is 24.2 Å². The number of aliphatic hydroxyl groups excluding tert-OH is 1. The highest BCUT2D eigenvalue weighted by atomic mass is 79.9. The largest absolute Gasteiger partial charge is 0.490 e. The van der Waals surface area contributed by atoms with Gasteiger partial charge in [0.1, 0.15) is 18.5 Å². The van der Waals surface area contributed by atoms with Crippen molar-refractivity contribution in [1.29, 1.82) is 0 Å². The van der Waals surface area contributed by atoms with Crippen LogP contribution in [0.5, 0.6) is 5.75 Å². The molecule has 1 aromatic carbocycles. The molecule has 19 heavy (non-hydrogen) atoms. The molecule has 0 saturated heterocycles. The number of nitrogens with one attached hydrogen (secondary N) is 1. The Hall–Kier alpha value is -0.660. The van der Waals surface area contributed by atoms with Crippen LogP contribution < -0.4 is 10.2 Å². The molecule has 1 unspecified atom stereocenters. The maximum absolute atomic E-state index is 9.70. The van der Waals surface area contributed by atoms with Gasteiger partial charge in [0, 0.05) is 7.11 Å². The zero-order valence-corrected chi connectivity index (χ0v) is 12.8. The lowest BCUT2D eigenvalue weighted by Gasteiger charge is -2.14. The molecule has 0 aliphatic carbocycles. The fraction of sp³-hybridized carbons (Fsp3) is 0.538. The van der Waals surface area contributed by atoms with E-state index >= 15 is 0 Å². The molecule has 0 aliphatic heterocycles. The summed E-state index contributed by atoms with van der Waals surface area (Å²) in [7, 11) is 1.60. The fourth-order valence-electron chi connectivity index (χ4n) is 1.32. The quantitative estimate of drug-likeness (QED) is 0.531. The monoisotopic (exact) mass is 333 g/mol. The molecule has 0 saturated carbocycles. The van der Waals surface area contributed by atoms with Gasteiger partial charge >= 0.3 is 0 Å². The van der Waals surface area contributed by atoms with Gasteiger partial charge in [0.15, 0.2) is 0 Å². The minimum atomic E-state index is -0.643. The maximum Gasteiger partial charge on any atom is 0.133 e. The molecule has 6 heteroatoms. The van der Waals surface area contributed by atoms with E-state index in [1.165, 1.54) is 0 Å². The summed E-state index contributed by atoms with van der Waals surface area (Å²) in [5.41, 5.74) is 3.80. The van der Waals surface area contributed by atoms with Crippen molar-refractivity contribution in [2.45, 2.75) is 13.0 Å². The summed E-state index contributed by atoms with van der Waals surface area (Å²) in [6, 6.07) is 5.79. The Kier molecular flexibility index (Phi) is 8.00. The highest BCUT2D eigenvalue weighted by molar-refractivity contribution is 9.10. The zero-order valence-electron chi connectivity index (χ0n) is 11.2. The number of rotatable bonds is 9. The molecule has 1 rings (SSSR count). The van der Waals surface area contributed by atoms with Crippen molar-refractivity contribution in [3.05, 3.63) is 28.2 Å². The molecule has 2 N–H and O–H groups in total. The standard InChI is InChI=1S/C13H20BrNO4/c1-10-3-4-13(12(14)7-10)18-9-11(16)8-15-19-6-5-17-2/h3-4,7,11,15-16H,5-6,8-9H2,1-2H3. The number of methoxy groups -OCH3 is 1. The van der Waals surface area contributed by atoms with E-state index in [2.05, 4.69) is 21.4 Å². The van der Waals surface area contributed by atoms with Crippen molar-refractivity contribution in [3.8, 4) is 5.75 Å². The zero-order chi connectivity index (χ0) is 14.1. The molecule has 0 bridgehead atoms. The second kappa shape index (κ2) is 9.28. The summed E-state index contributed by atoms with van der Waals surface area (Å²) in [6.07, 6.45) is -0.643. The highest BCUT2D eigenvalue weighted by Gasteiger charge is 2.07. The number of aryl methyl sites for hydroxylation is 1. The molecule has 0 amide bonds. The Morgan fingerprint density at radius 3 is 2.84 bits per heavy atom. The summed E-state index contributed by atoms with van der Waals surface area (Å²) in [5, 5.41) is 9.70. The van der Waals surface area contributed by atoms with Gasteiger partial charge in [-0.2, -0.15) is 5.48 Å². The molecular weight excluding hydrogens is 314 g/mol. The number of benzene rings is 1. The van der Waals surface area contributed by atoms with Crippen LogP contribution in [0.1, 0.15) is 5.56 Å². The Morgan fingerprint density at radius 1 is 1.37 bits per heavy atom. The SMILES string of the molecule is COCCONCC(O)COc1ccc(C)cc1Br. The molecule has 0 radical (unpaired) electrons. The average Bonchev–Trinajstić information content (AvgIpc) is 2.37. The average molecular weight is 334 g/mol. The third-order valence-corrected chi connectivity index (χ3v) is 2.95. The van der Waals surface area contributed by atoms with Crippen LogP contribution in [0.2, 0.25) is 0 Å². The molecule has 5 nitrogen and oxygen atoms in total. The normalized spacial score (nSPS) is 12.4. The first-order valence-electron chi connectivity index (χ1n) is 6.04. The molecular formula is C13H20BrNO4. The summed E-state index contributed by atoms with van der Waals surface area (Å²) < 4.78 is 11.2. The van der Waals surface area contributed by atoms with Crippen LogP contribution in [0.3, 0.4) is 0 Å². The van der Waals surface area contributed by atoms with Gasteiger partial charge in [-0.25, -0.2) is 0 Å². The van der Waals surface area contributed by atoms with E-state index in [4.69, 9.17) is 14.3 Å². The van der Waals surface area contributed by atoms with Crippen molar-refractivity contribution in [2.75, 3.05) is 33.5 Å². The second-order valence-electron chi connectivity index (χ2n) is 4.09. The van der Waals surface area contributed by atoms with Crippen molar-refractivity contribution >= 4 is 15.9 Å². The number of halogens is 1. The summed E-state index contributed by atoms with van der Waals surface area (Å²) in [6.45, 7) is 3.45. The van der Waals surface area contributed by atoms with Crippen LogP contribution in [-0.4, -0.2) is 44.7 Å². The van der Waals surface area contributed by atoms with E-state index in [9.17, 15) is 5.11 Å². The van der Waals surface area contributed by atoms with Crippen LogP contribution in [-0.2, 0) is 9.57 Å². The van der Waals surface area contributed by atoms with Crippen LogP contribution in [0.25, 0.3) is 0 Å². The van der Waals surface area contributed by atoms with Crippen molar-refractivity contribution in [1.82, 2.24) is 5.48 Å². The molecule has 0 aliphatic rings. The molecule has 1 aromatic rings. The lowest BCUT2D eigenvalue weighted by Crippen LogP contribution is -2.32. The van der Waals surface area contributed by atoms with Gasteiger partial charge in [-0.3, -0.25) is 4.84 Å². The maximum atomic E-state index is 9.70. The molecule has 0 spiro atoms. The van der Waals surface area contributed by atoms with Crippen LogP contribution >= 0.6 is 15.9 Å². The third kappa shape index (κ3) is 6.89. The minimum Gasteiger partial charge on any atom is -0.490 e. The van der Waals surface area contributed by atoms with Crippen LogP contribution in [0.15, 0.2) is 22.7 Å². The Bertz CT molecular complexity index is 376. The summed E-state index contributed by atoms with van der Waals surface area (Å²) in [4.78, 5) is 5.04. The second-order valence-corrected chi connectivity index (χ2v) is 4.94. The molecule has 0 aromatic heterocycles. The smallest absolute Gasteiger partial charge is 0.133 e. The van der Waals surface area contributed by atoms with E-state index in [-0.39, 0.29) is 6.61 Å². The van der Waals surface area contributed by atoms with E-state index in [0.29, 0.717) is 25.5 Å². The number of ether oxygens (including phenoxy) is 2. The molecule has 108 valence electrons. The first-order valence-corrected chi connectivity index (χ1v) is 6.83. The van der Waals surface area contributed by atoms with Crippen molar-refractivity contribution in [3.63, 3.8) is 0 Å². The van der Waals surface area contributed by atoms with Crippen LogP contribution in [0, 0.1) is 6.92 Å². The number of hydrogen-bond acceptors (Lipinski definition) is 5. The molecule has 1 atom stereocenters. The van der Waals surface area contributed by atoms with E-state index in [1.54, 1.807) is 7.11 Å². The summed E-state index contributed by atoms with van der Waals surface area (Å²) >= 11 is 3.42. The number of aliphatic hydroxyl groups is 1. The number of hydrogen-bond donors (Lipinski definition) is 2. The molecule has 0 heterocycles. The van der Waals surface area contributed by atoms with Crippen LogP contribution in [0.4, 0.5) is 0 Å². The molecule has 0 fully saturated rings. The highest BCUT2D eigenvalue weighted by Crippen LogP contribution is 2.25. The van der Waals surface area contributed by atoms with E-state index in [0.717, 1.165) is 10.0 Å². The van der Waals surface area contributed by atoms with Crippen molar-refractivity contribution < 1.29 is 19.4 Å². The lowest BCUT2D eigenvalue weighted by molar-refractivity contribution is -0.0173. The number of hydroxylamine groups is 1. The van der Waals surface area contributed by atoms with Gasteiger partial charge in [0.2, 0.25) is 0 Å². The fourth-order valence-corrected chi connectivity index (χ4v) is 1.93. The third-order valence-electron chi connectivity index (χ3n) is 2.33. The van der Waals surface area contributed by atoms with Crippen molar-refractivity contribution in [2.24, 2.45) is 0 Å². The van der Waals surface area contributed by atoms with Gasteiger partial charge in [-0.05, 0) is 40.5 Å². The lowest BCUT2D eigenvalue weighted by atomic mass is 10.2. The van der Waals surface area contributed by atoms with Gasteiger partial charge in [-0.15, -0.1) is 0 Å². The van der Waals surface area contributed by atoms with Gasteiger partial charge < -0.3 is 14.6 Å². The summed E-state index contributed by atoms with van der Waals surface area (Å²) in [5.74, 6) is 0.713. The first-order chi connectivity index (χ1) is 9.13. The van der Waals surface area contributed by atoms with E-state index < -0.39 is 6.10 Å². The topological polar surface area (TPSA) is 60.0 Å². The van der Waals surface area contributed by atoms with Gasteiger partial charge in [0.25, 0.3) is 0 Å². The minimum absolute atomic E-state index is 0.197. The predicted octanol–water partition coefficient (Wildman–Crippen LogP) is 1.66. The Morgan fingerprint density at radius 2 is 2.16 bits per heavy atom.